The molecule has 0 aliphatic rings. The fraction of sp³-hybridized carbons (Fsp3) is 0.500. The van der Waals surface area contributed by atoms with Gasteiger partial charge >= 0.3 is 5.97 Å². The molecule has 1 rings (SSSR count). The number of esters is 1. The largest absolute Gasteiger partial charge is 0.508 e. The van der Waals surface area contributed by atoms with Gasteiger partial charge in [-0.25, -0.2) is 0 Å². The third kappa shape index (κ3) is 2.92. The molecule has 3 unspecified atom stereocenters. The second-order valence-electron chi connectivity index (χ2n) is 5.10. The van der Waals surface area contributed by atoms with E-state index in [1.807, 2.05) is 0 Å². The van der Waals surface area contributed by atoms with Gasteiger partial charge in [-0.1, -0.05) is 12.1 Å². The molecule has 20 heavy (non-hydrogen) atoms. The molecule has 0 saturated carbocycles. The highest BCUT2D eigenvalue weighted by atomic mass is 16.6. The molecule has 0 aromatic heterocycles. The minimum absolute atomic E-state index is 0.0950. The molecule has 0 aliphatic carbocycles. The van der Waals surface area contributed by atoms with Gasteiger partial charge in [-0.3, -0.25) is 10.5 Å². The lowest BCUT2D eigenvalue weighted by Gasteiger charge is -2.39. The van der Waals surface area contributed by atoms with Gasteiger partial charge in [-0.2, -0.15) is 0 Å². The van der Waals surface area contributed by atoms with Gasteiger partial charge in [0.25, 0.3) is 0 Å². The molecule has 112 valence electrons. The van der Waals surface area contributed by atoms with E-state index in [1.54, 1.807) is 32.9 Å². The molecule has 1 aromatic carbocycles. The van der Waals surface area contributed by atoms with Gasteiger partial charge in [-0.15, -0.1) is 0 Å². The van der Waals surface area contributed by atoms with Crippen LogP contribution in [0, 0.1) is 0 Å². The minimum Gasteiger partial charge on any atom is -0.508 e. The lowest BCUT2D eigenvalue weighted by molar-refractivity contribution is -0.156. The Morgan fingerprint density at radius 3 is 1.90 bits per heavy atom. The van der Waals surface area contributed by atoms with Gasteiger partial charge in [0.1, 0.15) is 17.4 Å². The van der Waals surface area contributed by atoms with Crippen LogP contribution in [0.2, 0.25) is 0 Å². The molecule has 0 spiro atoms. The van der Waals surface area contributed by atoms with E-state index in [0.717, 1.165) is 0 Å². The van der Waals surface area contributed by atoms with Crippen molar-refractivity contribution < 1.29 is 14.6 Å². The molecule has 0 amide bonds. The molecule has 0 aliphatic heterocycles. The average Bonchev–Trinajstić information content (AvgIpc) is 2.30. The standard InChI is InChI=1S/C14H23N3O3/c1-8(15)14(9(2)16,13(19)20-10(3)17)11-4-6-12(18)7-5-11/h4-10,18H,15-17H2,1-3H3. The summed E-state index contributed by atoms with van der Waals surface area (Å²) in [5, 5.41) is 9.38. The normalized spacial score (nSPS) is 18.7. The summed E-state index contributed by atoms with van der Waals surface area (Å²) in [5.41, 5.74) is 17.0. The average molecular weight is 281 g/mol. The molecule has 0 saturated heterocycles. The van der Waals surface area contributed by atoms with Crippen molar-refractivity contribution in [3.8, 4) is 5.75 Å². The van der Waals surface area contributed by atoms with Crippen LogP contribution in [-0.2, 0) is 14.9 Å². The first-order valence-corrected chi connectivity index (χ1v) is 6.50. The summed E-state index contributed by atoms with van der Waals surface area (Å²) in [6.45, 7) is 4.94. The maximum absolute atomic E-state index is 12.5. The van der Waals surface area contributed by atoms with Crippen molar-refractivity contribution >= 4 is 5.97 Å². The molecule has 0 radical (unpaired) electrons. The first-order valence-electron chi connectivity index (χ1n) is 6.50. The Bertz CT molecular complexity index is 447. The van der Waals surface area contributed by atoms with Crippen molar-refractivity contribution in [3.05, 3.63) is 29.8 Å². The Hall–Kier alpha value is -1.63. The summed E-state index contributed by atoms with van der Waals surface area (Å²) in [5.74, 6) is -0.472. The zero-order valence-electron chi connectivity index (χ0n) is 12.0. The number of phenols is 1. The topological polar surface area (TPSA) is 125 Å². The van der Waals surface area contributed by atoms with Crippen LogP contribution in [0.3, 0.4) is 0 Å². The monoisotopic (exact) mass is 281 g/mol. The van der Waals surface area contributed by atoms with E-state index in [2.05, 4.69) is 0 Å². The minimum atomic E-state index is -1.22. The Morgan fingerprint density at radius 2 is 1.55 bits per heavy atom. The van der Waals surface area contributed by atoms with E-state index < -0.39 is 29.7 Å². The number of benzene rings is 1. The van der Waals surface area contributed by atoms with Crippen molar-refractivity contribution in [2.45, 2.75) is 44.5 Å². The van der Waals surface area contributed by atoms with Crippen molar-refractivity contribution in [1.29, 1.82) is 0 Å². The van der Waals surface area contributed by atoms with Crippen molar-refractivity contribution in [2.75, 3.05) is 0 Å². The highest BCUT2D eigenvalue weighted by molar-refractivity contribution is 5.85. The summed E-state index contributed by atoms with van der Waals surface area (Å²) < 4.78 is 5.14. The van der Waals surface area contributed by atoms with Crippen LogP contribution in [0.1, 0.15) is 26.3 Å². The summed E-state index contributed by atoms with van der Waals surface area (Å²) in [6, 6.07) is 5.02. The van der Waals surface area contributed by atoms with Gasteiger partial charge in [0.15, 0.2) is 0 Å². The number of phenolic OH excluding ortho intramolecular Hbond substituents is 1. The number of aromatic hydroxyl groups is 1. The van der Waals surface area contributed by atoms with Crippen LogP contribution in [0.25, 0.3) is 0 Å². The molecular weight excluding hydrogens is 258 g/mol. The van der Waals surface area contributed by atoms with Crippen molar-refractivity contribution in [1.82, 2.24) is 0 Å². The Kier molecular flexibility index (Phi) is 5.10. The second kappa shape index (κ2) is 6.21. The third-order valence-corrected chi connectivity index (χ3v) is 3.41. The highest BCUT2D eigenvalue weighted by Crippen LogP contribution is 2.33. The smallest absolute Gasteiger partial charge is 0.321 e. The molecule has 1 aromatic rings. The third-order valence-electron chi connectivity index (χ3n) is 3.41. The SMILES string of the molecule is CC(N)OC(=O)C(c1ccc(O)cc1)(C(C)N)C(C)N. The number of carbonyl (C=O) groups excluding carboxylic acids is 1. The number of hydrogen-bond acceptors (Lipinski definition) is 6. The van der Waals surface area contributed by atoms with Crippen LogP contribution in [0.4, 0.5) is 0 Å². The molecular formula is C14H23N3O3. The first kappa shape index (κ1) is 16.4. The molecule has 3 atom stereocenters. The van der Waals surface area contributed by atoms with E-state index in [1.165, 1.54) is 12.1 Å². The van der Waals surface area contributed by atoms with Crippen molar-refractivity contribution in [2.24, 2.45) is 17.2 Å². The van der Waals surface area contributed by atoms with Gasteiger partial charge in [0, 0.05) is 12.1 Å². The van der Waals surface area contributed by atoms with E-state index in [-0.39, 0.29) is 5.75 Å². The van der Waals surface area contributed by atoms with Crippen molar-refractivity contribution in [3.63, 3.8) is 0 Å². The first-order chi connectivity index (χ1) is 9.22. The number of rotatable bonds is 5. The van der Waals surface area contributed by atoms with Crippen LogP contribution in [0.5, 0.6) is 5.75 Å². The van der Waals surface area contributed by atoms with Gasteiger partial charge in [0.2, 0.25) is 0 Å². The number of hydrogen-bond donors (Lipinski definition) is 4. The zero-order valence-corrected chi connectivity index (χ0v) is 12.0. The van der Waals surface area contributed by atoms with E-state index in [9.17, 15) is 9.90 Å². The van der Waals surface area contributed by atoms with Gasteiger partial charge < -0.3 is 21.3 Å². The van der Waals surface area contributed by atoms with Crippen LogP contribution < -0.4 is 17.2 Å². The van der Waals surface area contributed by atoms with E-state index in [4.69, 9.17) is 21.9 Å². The summed E-state index contributed by atoms with van der Waals surface area (Å²) >= 11 is 0. The maximum atomic E-state index is 12.5. The van der Waals surface area contributed by atoms with E-state index in [0.29, 0.717) is 5.56 Å². The lowest BCUT2D eigenvalue weighted by atomic mass is 9.70. The Balaban J connectivity index is 3.39. The molecule has 0 fully saturated rings. The highest BCUT2D eigenvalue weighted by Gasteiger charge is 2.49. The molecule has 0 bridgehead atoms. The van der Waals surface area contributed by atoms with Crippen LogP contribution in [-0.4, -0.2) is 29.4 Å². The Labute approximate surface area is 118 Å². The number of carbonyl (C=O) groups is 1. The zero-order chi connectivity index (χ0) is 15.5. The van der Waals surface area contributed by atoms with Crippen LogP contribution in [0.15, 0.2) is 24.3 Å². The second-order valence-corrected chi connectivity index (χ2v) is 5.10. The molecule has 0 heterocycles. The fourth-order valence-electron chi connectivity index (χ4n) is 2.43. The number of nitrogens with two attached hydrogens (primary N) is 3. The predicted molar refractivity (Wildman–Crippen MR) is 76.8 cm³/mol. The summed E-state index contributed by atoms with van der Waals surface area (Å²) in [4.78, 5) is 12.5. The lowest BCUT2D eigenvalue weighted by Crippen LogP contribution is -2.60. The van der Waals surface area contributed by atoms with Crippen LogP contribution >= 0.6 is 0 Å². The Morgan fingerprint density at radius 1 is 1.10 bits per heavy atom. The molecule has 7 N–H and O–H groups in total. The molecule has 6 heteroatoms. The summed E-state index contributed by atoms with van der Waals surface area (Å²) in [7, 11) is 0. The van der Waals surface area contributed by atoms with E-state index >= 15 is 0 Å². The van der Waals surface area contributed by atoms with Gasteiger partial charge in [-0.05, 0) is 38.5 Å². The maximum Gasteiger partial charge on any atom is 0.321 e. The fourth-order valence-corrected chi connectivity index (χ4v) is 2.43. The predicted octanol–water partition coefficient (Wildman–Crippen LogP) is 0.172. The molecule has 6 nitrogen and oxygen atoms in total. The number of ether oxygens (including phenoxy) is 1. The quantitative estimate of drug-likeness (QED) is 0.450. The summed E-state index contributed by atoms with van der Waals surface area (Å²) in [6.07, 6.45) is -0.753. The van der Waals surface area contributed by atoms with Gasteiger partial charge in [0.05, 0.1) is 0 Å².